The van der Waals surface area contributed by atoms with Crippen molar-refractivity contribution in [3.8, 4) is 17.2 Å². The quantitative estimate of drug-likeness (QED) is 0.223. The minimum atomic E-state index is -0.749. The van der Waals surface area contributed by atoms with Gasteiger partial charge >= 0.3 is 0 Å². The fraction of sp³-hybridized carbons (Fsp3) is 0.265. The Bertz CT molecular complexity index is 1870. The molecule has 0 radical (unpaired) electrons. The summed E-state index contributed by atoms with van der Waals surface area (Å²) in [5.74, 6) is 1.70. The minimum Gasteiger partial charge on any atom is -0.497 e. The molecule has 2 heterocycles. The molecule has 0 spiro atoms. The first kappa shape index (κ1) is 31.3. The number of hydrogen-bond donors (Lipinski definition) is 0. The molecule has 8 nitrogen and oxygen atoms in total. The SMILES string of the molecule is CCN(CC)C(=O)C1=C(C)N=c2s/c(=C/c3ccc(OCc4ccc(Br)cc4)cc3)c(=O)n2[C@@H]1c1cc(OC)ccc1OC. The number of halogens is 1. The van der Waals surface area contributed by atoms with Gasteiger partial charge in [0, 0.05) is 23.1 Å². The molecule has 0 saturated carbocycles. The van der Waals surface area contributed by atoms with Crippen LogP contribution in [0.15, 0.2) is 92.3 Å². The molecular weight excluding hydrogens is 642 g/mol. The number of carbonyl (C=O) groups excluding carboxylic acids is 1. The Hall–Kier alpha value is -4.15. The van der Waals surface area contributed by atoms with Gasteiger partial charge in [0.15, 0.2) is 4.80 Å². The topological polar surface area (TPSA) is 82.4 Å². The first-order valence-corrected chi connectivity index (χ1v) is 15.9. The van der Waals surface area contributed by atoms with Gasteiger partial charge in [0.05, 0.1) is 30.0 Å². The molecule has 0 aliphatic carbocycles. The smallest absolute Gasteiger partial charge is 0.271 e. The van der Waals surface area contributed by atoms with Crippen molar-refractivity contribution < 1.29 is 19.0 Å². The van der Waals surface area contributed by atoms with E-state index in [0.717, 1.165) is 21.3 Å². The van der Waals surface area contributed by atoms with Gasteiger partial charge in [-0.15, -0.1) is 0 Å². The summed E-state index contributed by atoms with van der Waals surface area (Å²) < 4.78 is 20.3. The number of nitrogens with zero attached hydrogens (tertiary/aromatic N) is 3. The molecule has 44 heavy (non-hydrogen) atoms. The lowest BCUT2D eigenvalue weighted by molar-refractivity contribution is -0.127. The zero-order valence-corrected chi connectivity index (χ0v) is 27.7. The van der Waals surface area contributed by atoms with Crippen LogP contribution in [0.4, 0.5) is 0 Å². The van der Waals surface area contributed by atoms with Crippen LogP contribution in [0.2, 0.25) is 0 Å². The number of amides is 1. The number of hydrogen-bond acceptors (Lipinski definition) is 7. The molecule has 5 rings (SSSR count). The summed E-state index contributed by atoms with van der Waals surface area (Å²) in [6.07, 6.45) is 1.84. The third-order valence-electron chi connectivity index (χ3n) is 7.53. The first-order chi connectivity index (χ1) is 21.3. The lowest BCUT2D eigenvalue weighted by Gasteiger charge is -2.30. The first-order valence-electron chi connectivity index (χ1n) is 14.3. The Morgan fingerprint density at radius 2 is 1.68 bits per heavy atom. The van der Waals surface area contributed by atoms with Crippen molar-refractivity contribution in [1.29, 1.82) is 0 Å². The largest absolute Gasteiger partial charge is 0.497 e. The average molecular weight is 677 g/mol. The Morgan fingerprint density at radius 1 is 1.00 bits per heavy atom. The second-order valence-electron chi connectivity index (χ2n) is 10.2. The molecule has 1 atom stereocenters. The number of benzene rings is 3. The number of thiazole rings is 1. The number of ether oxygens (including phenoxy) is 3. The highest BCUT2D eigenvalue weighted by atomic mass is 79.9. The van der Waals surface area contributed by atoms with Gasteiger partial charge in [0.1, 0.15) is 29.9 Å². The van der Waals surface area contributed by atoms with Crippen molar-refractivity contribution in [3.05, 3.63) is 119 Å². The summed E-state index contributed by atoms with van der Waals surface area (Å²) in [6.45, 7) is 7.20. The molecule has 3 aromatic carbocycles. The van der Waals surface area contributed by atoms with E-state index in [4.69, 9.17) is 19.2 Å². The molecular formula is C34H34BrN3O5S. The van der Waals surface area contributed by atoms with E-state index in [1.54, 1.807) is 35.8 Å². The summed E-state index contributed by atoms with van der Waals surface area (Å²) in [5.41, 5.74) is 3.32. The molecule has 0 unspecified atom stereocenters. The number of fused-ring (bicyclic) bond motifs is 1. The average Bonchev–Trinajstić information content (AvgIpc) is 3.34. The summed E-state index contributed by atoms with van der Waals surface area (Å²) >= 11 is 4.74. The predicted molar refractivity (Wildman–Crippen MR) is 176 cm³/mol. The Morgan fingerprint density at radius 3 is 2.32 bits per heavy atom. The molecule has 0 saturated heterocycles. The number of allylic oxidation sites excluding steroid dienone is 1. The van der Waals surface area contributed by atoms with Crippen LogP contribution in [0.1, 0.15) is 43.5 Å². The zero-order chi connectivity index (χ0) is 31.4. The second-order valence-corrected chi connectivity index (χ2v) is 12.1. The molecule has 228 valence electrons. The normalized spacial score (nSPS) is 14.6. The van der Waals surface area contributed by atoms with E-state index >= 15 is 0 Å². The minimum absolute atomic E-state index is 0.167. The Balaban J connectivity index is 1.56. The molecule has 0 N–H and O–H groups in total. The summed E-state index contributed by atoms with van der Waals surface area (Å²) in [7, 11) is 3.15. The number of rotatable bonds is 10. The van der Waals surface area contributed by atoms with Crippen LogP contribution in [0, 0.1) is 0 Å². The van der Waals surface area contributed by atoms with E-state index in [1.165, 1.54) is 11.3 Å². The lowest BCUT2D eigenvalue weighted by atomic mass is 9.93. The number of methoxy groups -OCH3 is 2. The monoisotopic (exact) mass is 675 g/mol. The lowest BCUT2D eigenvalue weighted by Crippen LogP contribution is -2.43. The van der Waals surface area contributed by atoms with Crippen molar-refractivity contribution in [2.24, 2.45) is 4.99 Å². The van der Waals surface area contributed by atoms with E-state index in [-0.39, 0.29) is 11.5 Å². The van der Waals surface area contributed by atoms with E-state index in [2.05, 4.69) is 15.9 Å². The zero-order valence-electron chi connectivity index (χ0n) is 25.3. The molecule has 10 heteroatoms. The molecule has 1 aliphatic rings. The van der Waals surface area contributed by atoms with Crippen LogP contribution in [0.5, 0.6) is 17.2 Å². The van der Waals surface area contributed by atoms with Crippen molar-refractivity contribution >= 4 is 39.2 Å². The van der Waals surface area contributed by atoms with Crippen LogP contribution in [0.3, 0.4) is 0 Å². The van der Waals surface area contributed by atoms with Gasteiger partial charge in [-0.1, -0.05) is 51.5 Å². The van der Waals surface area contributed by atoms with Crippen molar-refractivity contribution in [1.82, 2.24) is 9.47 Å². The number of likely N-dealkylation sites (N-methyl/N-ethyl adjacent to an activating group) is 1. The van der Waals surface area contributed by atoms with E-state index in [0.29, 0.717) is 57.4 Å². The maximum Gasteiger partial charge on any atom is 0.271 e. The molecule has 0 bridgehead atoms. The van der Waals surface area contributed by atoms with Gasteiger partial charge < -0.3 is 19.1 Å². The third kappa shape index (κ3) is 6.37. The van der Waals surface area contributed by atoms with Crippen LogP contribution < -0.4 is 29.1 Å². The highest BCUT2D eigenvalue weighted by molar-refractivity contribution is 9.10. The highest BCUT2D eigenvalue weighted by Gasteiger charge is 2.36. The van der Waals surface area contributed by atoms with E-state index < -0.39 is 6.04 Å². The van der Waals surface area contributed by atoms with Crippen LogP contribution in [-0.4, -0.2) is 42.7 Å². The van der Waals surface area contributed by atoms with Gasteiger partial charge in [-0.05, 0) is 80.4 Å². The number of carbonyl (C=O) groups is 1. The van der Waals surface area contributed by atoms with Gasteiger partial charge in [0.25, 0.3) is 11.5 Å². The van der Waals surface area contributed by atoms with Crippen LogP contribution >= 0.6 is 27.3 Å². The van der Waals surface area contributed by atoms with Crippen molar-refractivity contribution in [2.75, 3.05) is 27.3 Å². The Kier molecular flexibility index (Phi) is 9.71. The highest BCUT2D eigenvalue weighted by Crippen LogP contribution is 2.38. The summed E-state index contributed by atoms with van der Waals surface area (Å²) in [6, 6.07) is 20.2. The summed E-state index contributed by atoms with van der Waals surface area (Å²) in [4.78, 5) is 35.1. The second kappa shape index (κ2) is 13.7. The number of aromatic nitrogens is 1. The standard InChI is InChI=1S/C34H34BrN3O5S/c1-6-37(7-2)33(40)30-21(3)36-34-38(31(30)27-19-26(41-4)16-17-28(27)42-5)32(39)29(44-34)18-22-10-14-25(15-11-22)43-20-23-8-12-24(35)13-9-23/h8-19,31H,6-7,20H2,1-5H3/b29-18+/t31-/m1/s1. The van der Waals surface area contributed by atoms with Gasteiger partial charge in [-0.25, -0.2) is 4.99 Å². The molecule has 1 amide bonds. The van der Waals surface area contributed by atoms with Crippen LogP contribution in [0.25, 0.3) is 6.08 Å². The molecule has 0 fully saturated rings. The fourth-order valence-electron chi connectivity index (χ4n) is 5.18. The molecule has 1 aromatic heterocycles. The molecule has 4 aromatic rings. The van der Waals surface area contributed by atoms with Crippen LogP contribution in [-0.2, 0) is 11.4 Å². The fourth-order valence-corrected chi connectivity index (χ4v) is 6.49. The third-order valence-corrected chi connectivity index (χ3v) is 9.04. The summed E-state index contributed by atoms with van der Waals surface area (Å²) in [5, 5.41) is 0. The van der Waals surface area contributed by atoms with E-state index in [9.17, 15) is 9.59 Å². The van der Waals surface area contributed by atoms with E-state index in [1.807, 2.05) is 81.4 Å². The maximum absolute atomic E-state index is 14.1. The molecule has 1 aliphatic heterocycles. The van der Waals surface area contributed by atoms with Gasteiger partial charge in [-0.2, -0.15) is 0 Å². The Labute approximate surface area is 268 Å². The van der Waals surface area contributed by atoms with Gasteiger partial charge in [-0.3, -0.25) is 14.2 Å². The van der Waals surface area contributed by atoms with Crippen molar-refractivity contribution in [2.45, 2.75) is 33.4 Å². The van der Waals surface area contributed by atoms with Gasteiger partial charge in [0.2, 0.25) is 0 Å². The van der Waals surface area contributed by atoms with Crippen molar-refractivity contribution in [3.63, 3.8) is 0 Å². The predicted octanol–water partition coefficient (Wildman–Crippen LogP) is 5.46. The maximum atomic E-state index is 14.1.